The van der Waals surface area contributed by atoms with E-state index in [-0.39, 0.29) is 31.2 Å². The number of nitrogens with one attached hydrogen (secondary N) is 1. The largest absolute Gasteiger partial charge is 0.477 e. The molecule has 0 bridgehead atoms. The Kier molecular flexibility index (Phi) is 5.97. The molecule has 3 amide bonds. The van der Waals surface area contributed by atoms with E-state index >= 15 is 0 Å². The molecule has 0 saturated carbocycles. The third-order valence-corrected chi connectivity index (χ3v) is 4.74. The van der Waals surface area contributed by atoms with Crippen LogP contribution in [0.5, 0.6) is 0 Å². The van der Waals surface area contributed by atoms with Crippen molar-refractivity contribution in [1.29, 1.82) is 0 Å². The average molecular weight is 433 g/mol. The fraction of sp³-hybridized carbons (Fsp3) is 0.0909. The number of amidine groups is 1. The molecule has 1 aromatic heterocycles. The minimum atomic E-state index is -1.23. The molecule has 3 aromatic rings. The molecule has 1 aliphatic rings. The van der Waals surface area contributed by atoms with E-state index < -0.39 is 17.9 Å². The summed E-state index contributed by atoms with van der Waals surface area (Å²) >= 11 is 0. The molecular formula is C22H21N6O4+. The van der Waals surface area contributed by atoms with Crippen LogP contribution in [0.1, 0.15) is 23.5 Å². The molecule has 0 atom stereocenters. The van der Waals surface area contributed by atoms with Crippen molar-refractivity contribution in [1.82, 2.24) is 4.98 Å². The third kappa shape index (κ3) is 4.29. The molecular weight excluding hydrogens is 412 g/mol. The Morgan fingerprint density at radius 3 is 2.44 bits per heavy atom. The Balaban J connectivity index is 0.00000289. The van der Waals surface area contributed by atoms with Gasteiger partial charge >= 0.3 is 12.0 Å². The van der Waals surface area contributed by atoms with Gasteiger partial charge in [0.1, 0.15) is 5.69 Å². The second-order valence-corrected chi connectivity index (χ2v) is 6.82. The zero-order valence-corrected chi connectivity index (χ0v) is 16.1. The number of aliphatic carboxylic acids is 1. The zero-order chi connectivity index (χ0) is 22.1. The molecule has 10 nitrogen and oxygen atoms in total. The Morgan fingerprint density at radius 1 is 1.09 bits per heavy atom. The molecule has 0 radical (unpaired) electrons. The summed E-state index contributed by atoms with van der Waals surface area (Å²) in [6.07, 6.45) is 1.57. The van der Waals surface area contributed by atoms with Crippen molar-refractivity contribution in [3.05, 3.63) is 66.0 Å². The van der Waals surface area contributed by atoms with Gasteiger partial charge in [-0.15, -0.1) is 0 Å². The van der Waals surface area contributed by atoms with Gasteiger partial charge in [0.2, 0.25) is 0 Å². The third-order valence-electron chi connectivity index (χ3n) is 4.74. The van der Waals surface area contributed by atoms with E-state index in [1.54, 1.807) is 54.7 Å². The van der Waals surface area contributed by atoms with E-state index in [0.717, 1.165) is 10.8 Å². The lowest BCUT2D eigenvalue weighted by molar-refractivity contribution is -0.129. The fourth-order valence-corrected chi connectivity index (χ4v) is 3.11. The Hall–Kier alpha value is -4.60. The number of carboxylic acids is 1. The predicted molar refractivity (Wildman–Crippen MR) is 121 cm³/mol. The highest BCUT2D eigenvalue weighted by molar-refractivity contribution is 6.41. The Bertz CT molecular complexity index is 1280. The molecule has 1 aliphatic heterocycles. The number of carbonyl (C=O) groups excluding carboxylic acids is 2. The molecule has 2 heterocycles. The number of urea groups is 1. The molecule has 0 unspecified atom stereocenters. The normalized spacial score (nSPS) is 12.8. The highest BCUT2D eigenvalue weighted by Crippen LogP contribution is 2.22. The smallest absolute Gasteiger partial charge is 0.352 e. The fourth-order valence-electron chi connectivity index (χ4n) is 3.11. The molecule has 32 heavy (non-hydrogen) atoms. The van der Waals surface area contributed by atoms with E-state index in [1.165, 1.54) is 4.90 Å². The number of rotatable bonds is 5. The minimum absolute atomic E-state index is 0. The summed E-state index contributed by atoms with van der Waals surface area (Å²) in [7, 11) is 0. The van der Waals surface area contributed by atoms with Gasteiger partial charge in [0.05, 0.1) is 12.1 Å². The van der Waals surface area contributed by atoms with Crippen molar-refractivity contribution in [3.8, 4) is 0 Å². The van der Waals surface area contributed by atoms with Gasteiger partial charge in [-0.25, -0.2) is 9.59 Å². The topological polar surface area (TPSA) is 164 Å². The van der Waals surface area contributed by atoms with Gasteiger partial charge in [0, 0.05) is 23.0 Å². The van der Waals surface area contributed by atoms with E-state index in [9.17, 15) is 14.4 Å². The van der Waals surface area contributed by atoms with Crippen molar-refractivity contribution >= 4 is 51.6 Å². The van der Waals surface area contributed by atoms with E-state index in [1.807, 2.05) is 0 Å². The maximum Gasteiger partial charge on any atom is 0.352 e. The van der Waals surface area contributed by atoms with Crippen LogP contribution in [0.15, 0.2) is 59.7 Å². The maximum absolute atomic E-state index is 12.6. The molecule has 0 aliphatic carbocycles. The van der Waals surface area contributed by atoms with Crippen LogP contribution in [0.2, 0.25) is 0 Å². The van der Waals surface area contributed by atoms with Crippen molar-refractivity contribution < 1.29 is 24.9 Å². The number of amides is 3. The first-order valence-electron chi connectivity index (χ1n) is 9.13. The van der Waals surface area contributed by atoms with Gasteiger partial charge in [-0.05, 0) is 47.9 Å². The van der Waals surface area contributed by atoms with E-state index in [2.05, 4.69) is 15.3 Å². The van der Waals surface area contributed by atoms with Crippen LogP contribution >= 0.6 is 0 Å². The number of anilines is 2. The second-order valence-electron chi connectivity index (χ2n) is 6.82. The number of hydrogen-bond acceptors (Lipinski definition) is 4. The first-order chi connectivity index (χ1) is 14.8. The number of fused-ring (bicyclic) bond motifs is 1. The minimum Gasteiger partial charge on any atom is -0.477 e. The summed E-state index contributed by atoms with van der Waals surface area (Å²) < 4.78 is 0. The van der Waals surface area contributed by atoms with Crippen molar-refractivity contribution in [3.63, 3.8) is 0 Å². The van der Waals surface area contributed by atoms with Crippen LogP contribution in [0, 0.1) is 0 Å². The Labute approximate surface area is 182 Å². The lowest BCUT2D eigenvalue weighted by atomic mass is 10.1. The predicted octanol–water partition coefficient (Wildman–Crippen LogP) is 1.05. The van der Waals surface area contributed by atoms with Crippen LogP contribution in [0.4, 0.5) is 16.2 Å². The van der Waals surface area contributed by atoms with Gasteiger partial charge < -0.3 is 10.4 Å². The van der Waals surface area contributed by atoms with Crippen LogP contribution in [0.3, 0.4) is 0 Å². The van der Waals surface area contributed by atoms with E-state index in [0.29, 0.717) is 16.9 Å². The lowest BCUT2D eigenvalue weighted by Crippen LogP contribution is -2.46. The maximum atomic E-state index is 12.6. The number of aromatic nitrogens is 1. The van der Waals surface area contributed by atoms with Gasteiger partial charge in [0.15, 0.2) is 5.71 Å². The SMILES string of the molecule is C.NC(=[NH2+])c1ccc2cc(C(=O)Nc3ccc(N4CC(C(=O)O)=NC4=O)cc3)ncc2c1. The van der Waals surface area contributed by atoms with Crippen LogP contribution in [-0.2, 0) is 4.79 Å². The number of pyridine rings is 1. The zero-order valence-electron chi connectivity index (χ0n) is 16.1. The first-order valence-corrected chi connectivity index (χ1v) is 9.13. The molecule has 6 N–H and O–H groups in total. The number of hydrogen-bond donors (Lipinski definition) is 4. The van der Waals surface area contributed by atoms with Gasteiger partial charge in [-0.3, -0.25) is 25.8 Å². The molecule has 2 aromatic carbocycles. The Morgan fingerprint density at radius 2 is 1.81 bits per heavy atom. The molecule has 162 valence electrons. The van der Waals surface area contributed by atoms with Crippen LogP contribution < -0.4 is 21.4 Å². The summed E-state index contributed by atoms with van der Waals surface area (Å²) in [5, 5.41) is 18.9. The summed E-state index contributed by atoms with van der Waals surface area (Å²) in [5.74, 6) is -1.44. The number of nitrogens with two attached hydrogens (primary N) is 2. The quantitative estimate of drug-likeness (QED) is 0.347. The number of carboxylic acid groups (broad SMARTS) is 1. The summed E-state index contributed by atoms with van der Waals surface area (Å²) in [6.45, 7) is -0.115. The number of benzene rings is 2. The van der Waals surface area contributed by atoms with Gasteiger partial charge in [0.25, 0.3) is 11.7 Å². The lowest BCUT2D eigenvalue weighted by Gasteiger charge is -2.15. The van der Waals surface area contributed by atoms with Crippen molar-refractivity contribution in [2.75, 3.05) is 16.8 Å². The van der Waals surface area contributed by atoms with Crippen molar-refractivity contribution in [2.45, 2.75) is 7.43 Å². The van der Waals surface area contributed by atoms with Gasteiger partial charge in [-0.1, -0.05) is 13.5 Å². The number of aliphatic imine (C=N–C) groups is 1. The van der Waals surface area contributed by atoms with Crippen LogP contribution in [-0.4, -0.2) is 46.1 Å². The van der Waals surface area contributed by atoms with Crippen LogP contribution in [0.25, 0.3) is 10.8 Å². The first kappa shape index (κ1) is 22.1. The highest BCUT2D eigenvalue weighted by atomic mass is 16.4. The van der Waals surface area contributed by atoms with Crippen molar-refractivity contribution in [2.24, 2.45) is 10.7 Å². The monoisotopic (exact) mass is 433 g/mol. The number of nitrogens with zero attached hydrogens (tertiary/aromatic N) is 3. The molecule has 4 rings (SSSR count). The summed E-state index contributed by atoms with van der Waals surface area (Å²) in [5.41, 5.74) is 7.25. The molecule has 0 spiro atoms. The standard InChI is InChI=1S/C21H16N6O4.CH4/c22-18(23)12-2-1-11-8-16(24-9-13(11)7-12)19(28)25-14-3-5-15(6-4-14)27-10-17(20(29)30)26-21(27)31;/h1-9H,10H2,(H3,22,23)(H,25,28)(H,29,30);1H4/p+1. The summed E-state index contributed by atoms with van der Waals surface area (Å²) in [4.78, 5) is 44.4. The summed E-state index contributed by atoms with van der Waals surface area (Å²) in [6, 6.07) is 12.8. The molecule has 0 saturated heterocycles. The van der Waals surface area contributed by atoms with Gasteiger partial charge in [-0.2, -0.15) is 4.99 Å². The second kappa shape index (κ2) is 8.64. The highest BCUT2D eigenvalue weighted by Gasteiger charge is 2.28. The van der Waals surface area contributed by atoms with E-state index in [4.69, 9.17) is 16.2 Å². The number of carbonyl (C=O) groups is 3. The molecule has 0 fully saturated rings. The molecule has 10 heteroatoms. The average Bonchev–Trinajstić information content (AvgIpc) is 3.15.